The van der Waals surface area contributed by atoms with E-state index in [9.17, 15) is 4.79 Å². The summed E-state index contributed by atoms with van der Waals surface area (Å²) >= 11 is 7.64. The molecular formula is C17H18ClNO2S. The fourth-order valence-corrected chi connectivity index (χ4v) is 3.66. The molecule has 0 bridgehead atoms. The highest BCUT2D eigenvalue weighted by atomic mass is 35.5. The Morgan fingerprint density at radius 1 is 1.27 bits per heavy atom. The Balaban J connectivity index is 1.72. The maximum absolute atomic E-state index is 12.8. The third-order valence-electron chi connectivity index (χ3n) is 3.80. The predicted molar refractivity (Wildman–Crippen MR) is 89.6 cm³/mol. The highest BCUT2D eigenvalue weighted by Crippen LogP contribution is 2.27. The van der Waals surface area contributed by atoms with Gasteiger partial charge in [-0.3, -0.25) is 4.79 Å². The first-order valence-electron chi connectivity index (χ1n) is 7.25. The van der Waals surface area contributed by atoms with Crippen molar-refractivity contribution in [2.24, 2.45) is 0 Å². The average molecular weight is 336 g/mol. The average Bonchev–Trinajstić information content (AvgIpc) is 2.96. The van der Waals surface area contributed by atoms with E-state index in [4.69, 9.17) is 16.3 Å². The van der Waals surface area contributed by atoms with Crippen molar-refractivity contribution in [2.45, 2.75) is 32.4 Å². The molecule has 1 aromatic heterocycles. The SMILES string of the molecule is CC(C)(Oc1ccc(Cl)cc1)C(=O)N1CCc2sccc2C1. The van der Waals surface area contributed by atoms with Gasteiger partial charge >= 0.3 is 0 Å². The summed E-state index contributed by atoms with van der Waals surface area (Å²) in [7, 11) is 0. The van der Waals surface area contributed by atoms with Gasteiger partial charge < -0.3 is 9.64 Å². The summed E-state index contributed by atoms with van der Waals surface area (Å²) in [5.74, 6) is 0.662. The van der Waals surface area contributed by atoms with E-state index in [-0.39, 0.29) is 5.91 Å². The monoisotopic (exact) mass is 335 g/mol. The third-order valence-corrected chi connectivity index (χ3v) is 5.07. The summed E-state index contributed by atoms with van der Waals surface area (Å²) in [6, 6.07) is 9.19. The molecular weight excluding hydrogens is 318 g/mol. The van der Waals surface area contributed by atoms with Crippen LogP contribution in [0.25, 0.3) is 0 Å². The lowest BCUT2D eigenvalue weighted by atomic mass is 10.0. The van der Waals surface area contributed by atoms with Crippen molar-refractivity contribution in [3.63, 3.8) is 0 Å². The second-order valence-electron chi connectivity index (χ2n) is 5.91. The number of halogens is 1. The van der Waals surface area contributed by atoms with Gasteiger partial charge in [0, 0.05) is 23.0 Å². The molecule has 2 heterocycles. The maximum atomic E-state index is 12.8. The van der Waals surface area contributed by atoms with E-state index in [1.54, 1.807) is 35.6 Å². The molecule has 0 unspecified atom stereocenters. The molecule has 3 rings (SSSR count). The summed E-state index contributed by atoms with van der Waals surface area (Å²) in [6.45, 7) is 5.05. The van der Waals surface area contributed by atoms with Crippen molar-refractivity contribution in [3.8, 4) is 5.75 Å². The van der Waals surface area contributed by atoms with E-state index in [1.807, 2.05) is 18.7 Å². The first kappa shape index (κ1) is 15.4. The van der Waals surface area contributed by atoms with Crippen LogP contribution in [0.2, 0.25) is 5.02 Å². The van der Waals surface area contributed by atoms with E-state index in [0.29, 0.717) is 17.3 Å². The van der Waals surface area contributed by atoms with Crippen LogP contribution < -0.4 is 4.74 Å². The number of ether oxygens (including phenoxy) is 1. The second kappa shape index (κ2) is 5.94. The van der Waals surface area contributed by atoms with Gasteiger partial charge in [-0.1, -0.05) is 11.6 Å². The van der Waals surface area contributed by atoms with Gasteiger partial charge in [0.25, 0.3) is 5.91 Å². The number of carbonyl (C=O) groups is 1. The topological polar surface area (TPSA) is 29.5 Å². The lowest BCUT2D eigenvalue weighted by Crippen LogP contribution is -2.50. The molecule has 0 aliphatic carbocycles. The summed E-state index contributed by atoms with van der Waals surface area (Å²) in [6.07, 6.45) is 0.926. The summed E-state index contributed by atoms with van der Waals surface area (Å²) in [5.41, 5.74) is 0.355. The number of thiophene rings is 1. The summed E-state index contributed by atoms with van der Waals surface area (Å²) in [5, 5.41) is 2.74. The normalized spacial score (nSPS) is 14.6. The Morgan fingerprint density at radius 3 is 2.73 bits per heavy atom. The van der Waals surface area contributed by atoms with Gasteiger partial charge in [0.05, 0.1) is 0 Å². The minimum Gasteiger partial charge on any atom is -0.478 e. The zero-order valence-corrected chi connectivity index (χ0v) is 14.2. The van der Waals surface area contributed by atoms with Crippen molar-refractivity contribution in [1.82, 2.24) is 4.90 Å². The van der Waals surface area contributed by atoms with E-state index >= 15 is 0 Å². The summed E-state index contributed by atoms with van der Waals surface area (Å²) in [4.78, 5) is 16.1. The number of rotatable bonds is 3. The molecule has 1 aliphatic heterocycles. The first-order valence-corrected chi connectivity index (χ1v) is 8.51. The predicted octanol–water partition coefficient (Wildman–Crippen LogP) is 4.14. The van der Waals surface area contributed by atoms with Crippen LogP contribution in [-0.2, 0) is 17.8 Å². The standard InChI is InChI=1S/C17H18ClNO2S/c1-17(2,21-14-5-3-13(18)4-6-14)16(20)19-9-7-15-12(11-19)8-10-22-15/h3-6,8,10H,7,9,11H2,1-2H3. The molecule has 22 heavy (non-hydrogen) atoms. The Morgan fingerprint density at radius 2 is 2.00 bits per heavy atom. The fraction of sp³-hybridized carbons (Fsp3) is 0.353. The Hall–Kier alpha value is -1.52. The highest BCUT2D eigenvalue weighted by Gasteiger charge is 2.35. The molecule has 3 nitrogen and oxygen atoms in total. The van der Waals surface area contributed by atoms with Crippen LogP contribution in [0.1, 0.15) is 24.3 Å². The van der Waals surface area contributed by atoms with Gasteiger partial charge in [-0.05, 0) is 61.5 Å². The van der Waals surface area contributed by atoms with Crippen LogP contribution >= 0.6 is 22.9 Å². The van der Waals surface area contributed by atoms with Gasteiger partial charge in [0.1, 0.15) is 5.75 Å². The number of carbonyl (C=O) groups excluding carboxylic acids is 1. The van der Waals surface area contributed by atoms with E-state index < -0.39 is 5.60 Å². The van der Waals surface area contributed by atoms with Gasteiger partial charge in [0.2, 0.25) is 0 Å². The Bertz CT molecular complexity index is 678. The second-order valence-corrected chi connectivity index (χ2v) is 7.35. The minimum absolute atomic E-state index is 0.0132. The molecule has 116 valence electrons. The van der Waals surface area contributed by atoms with Crippen LogP contribution in [0.4, 0.5) is 0 Å². The van der Waals surface area contributed by atoms with Crippen molar-refractivity contribution >= 4 is 28.8 Å². The minimum atomic E-state index is -0.901. The Kier molecular flexibility index (Phi) is 4.15. The zero-order chi connectivity index (χ0) is 15.7. The number of benzene rings is 1. The number of fused-ring (bicyclic) bond motifs is 1. The third kappa shape index (κ3) is 3.13. The van der Waals surface area contributed by atoms with Crippen molar-refractivity contribution < 1.29 is 9.53 Å². The van der Waals surface area contributed by atoms with Crippen molar-refractivity contribution in [2.75, 3.05) is 6.54 Å². The molecule has 1 aromatic carbocycles. The Labute approximate surface area is 139 Å². The van der Waals surface area contributed by atoms with E-state index in [0.717, 1.165) is 13.0 Å². The molecule has 0 spiro atoms. The molecule has 1 aliphatic rings. The molecule has 0 N–H and O–H groups in total. The smallest absolute Gasteiger partial charge is 0.266 e. The van der Waals surface area contributed by atoms with E-state index in [2.05, 4.69) is 11.4 Å². The zero-order valence-electron chi connectivity index (χ0n) is 12.6. The molecule has 5 heteroatoms. The van der Waals surface area contributed by atoms with Gasteiger partial charge in [0.15, 0.2) is 5.60 Å². The number of amides is 1. The van der Waals surface area contributed by atoms with Crippen LogP contribution in [0.3, 0.4) is 0 Å². The fourth-order valence-electron chi connectivity index (χ4n) is 2.64. The quantitative estimate of drug-likeness (QED) is 0.843. The number of hydrogen-bond donors (Lipinski definition) is 0. The maximum Gasteiger partial charge on any atom is 0.266 e. The molecule has 1 amide bonds. The highest BCUT2D eigenvalue weighted by molar-refractivity contribution is 7.10. The van der Waals surface area contributed by atoms with Crippen LogP contribution in [0, 0.1) is 0 Å². The van der Waals surface area contributed by atoms with Crippen molar-refractivity contribution in [1.29, 1.82) is 0 Å². The van der Waals surface area contributed by atoms with Crippen LogP contribution in [0.15, 0.2) is 35.7 Å². The van der Waals surface area contributed by atoms with Crippen LogP contribution in [0.5, 0.6) is 5.75 Å². The molecule has 0 saturated heterocycles. The number of nitrogens with zero attached hydrogens (tertiary/aromatic N) is 1. The van der Waals surface area contributed by atoms with Gasteiger partial charge in [-0.15, -0.1) is 11.3 Å². The lowest BCUT2D eigenvalue weighted by molar-refractivity contribution is -0.146. The largest absolute Gasteiger partial charge is 0.478 e. The molecule has 0 atom stereocenters. The lowest BCUT2D eigenvalue weighted by Gasteiger charge is -2.34. The van der Waals surface area contributed by atoms with Crippen LogP contribution in [-0.4, -0.2) is 23.0 Å². The van der Waals surface area contributed by atoms with E-state index in [1.165, 1.54) is 10.4 Å². The first-order chi connectivity index (χ1) is 10.5. The summed E-state index contributed by atoms with van der Waals surface area (Å²) < 4.78 is 5.89. The molecule has 0 fully saturated rings. The van der Waals surface area contributed by atoms with Gasteiger partial charge in [-0.2, -0.15) is 0 Å². The number of hydrogen-bond acceptors (Lipinski definition) is 3. The van der Waals surface area contributed by atoms with Gasteiger partial charge in [-0.25, -0.2) is 0 Å². The molecule has 2 aromatic rings. The molecule has 0 saturated carbocycles. The van der Waals surface area contributed by atoms with Crippen molar-refractivity contribution in [3.05, 3.63) is 51.2 Å². The molecule has 0 radical (unpaired) electrons.